The molecule has 1 aliphatic rings. The van der Waals surface area contributed by atoms with Crippen LogP contribution in [-0.2, 0) is 32.3 Å². The van der Waals surface area contributed by atoms with Crippen LogP contribution < -0.4 is 9.62 Å². The lowest BCUT2D eigenvalue weighted by Gasteiger charge is -2.34. The second-order valence-corrected chi connectivity index (χ2v) is 13.1. The van der Waals surface area contributed by atoms with Gasteiger partial charge >= 0.3 is 6.18 Å². The van der Waals surface area contributed by atoms with Crippen LogP contribution in [0.3, 0.4) is 0 Å². The maximum atomic E-state index is 13.9. The van der Waals surface area contributed by atoms with Crippen molar-refractivity contribution in [2.24, 2.45) is 0 Å². The van der Waals surface area contributed by atoms with Gasteiger partial charge in [0.05, 0.1) is 22.5 Å². The standard InChI is InChI=1S/C27H31Cl3F3N3O4S/c1-3-23(26(38)34-18-8-5-4-6-9-18)35(15-19-20(28)10-7-11-21(19)29)25(37)16-36(41(2,39)40)24-14-17(27(31,32)33)12-13-22(24)30/h7,10-14,18,23H,3-6,8-9,15-16H2,1-2H3,(H,34,38)/t23-/m0/s1. The molecule has 2 amide bonds. The van der Waals surface area contributed by atoms with Crippen LogP contribution in [-0.4, -0.2) is 50.0 Å². The number of sulfonamides is 1. The van der Waals surface area contributed by atoms with Crippen molar-refractivity contribution in [3.05, 3.63) is 62.6 Å². The minimum Gasteiger partial charge on any atom is -0.352 e. The lowest BCUT2D eigenvalue weighted by molar-refractivity contribution is -0.140. The fraction of sp³-hybridized carbons (Fsp3) is 0.481. The Morgan fingerprint density at radius 2 is 1.63 bits per heavy atom. The second kappa shape index (κ2) is 13.8. The SMILES string of the molecule is CC[C@@H](C(=O)NC1CCCCC1)N(Cc1c(Cl)cccc1Cl)C(=O)CN(c1cc(C(F)(F)F)ccc1Cl)S(C)(=O)=O. The van der Waals surface area contributed by atoms with E-state index in [1.54, 1.807) is 25.1 Å². The van der Waals surface area contributed by atoms with E-state index in [4.69, 9.17) is 34.8 Å². The van der Waals surface area contributed by atoms with E-state index in [-0.39, 0.29) is 34.1 Å². The number of hydrogen-bond donors (Lipinski definition) is 1. The van der Waals surface area contributed by atoms with Gasteiger partial charge in [-0.25, -0.2) is 8.42 Å². The normalized spacial score (nSPS) is 15.3. The van der Waals surface area contributed by atoms with Gasteiger partial charge in [0.1, 0.15) is 12.6 Å². The fourth-order valence-corrected chi connectivity index (χ4v) is 6.43. The van der Waals surface area contributed by atoms with Crippen molar-refractivity contribution in [1.82, 2.24) is 10.2 Å². The quantitative estimate of drug-likeness (QED) is 0.309. The molecule has 1 fully saturated rings. The maximum Gasteiger partial charge on any atom is 0.416 e. The van der Waals surface area contributed by atoms with Crippen LogP contribution in [0.1, 0.15) is 56.6 Å². The van der Waals surface area contributed by atoms with Crippen molar-refractivity contribution in [3.8, 4) is 0 Å². The molecule has 226 valence electrons. The lowest BCUT2D eigenvalue weighted by Crippen LogP contribution is -2.54. The number of benzene rings is 2. The topological polar surface area (TPSA) is 86.8 Å². The zero-order valence-corrected chi connectivity index (χ0v) is 25.6. The third-order valence-electron chi connectivity index (χ3n) is 6.95. The van der Waals surface area contributed by atoms with Gasteiger partial charge in [0.25, 0.3) is 0 Å². The van der Waals surface area contributed by atoms with E-state index in [1.165, 1.54) is 0 Å². The Hall–Kier alpha value is -2.21. The molecule has 3 rings (SSSR count). The minimum atomic E-state index is -4.79. The summed E-state index contributed by atoms with van der Waals surface area (Å²) < 4.78 is 66.4. The number of amides is 2. The monoisotopic (exact) mass is 655 g/mol. The number of carbonyl (C=O) groups is 2. The molecule has 1 atom stereocenters. The number of halogens is 6. The highest BCUT2D eigenvalue weighted by atomic mass is 35.5. The Balaban J connectivity index is 2.03. The summed E-state index contributed by atoms with van der Waals surface area (Å²) in [6.07, 6.45) is 0.698. The van der Waals surface area contributed by atoms with Gasteiger partial charge in [-0.15, -0.1) is 0 Å². The van der Waals surface area contributed by atoms with E-state index in [0.29, 0.717) is 22.0 Å². The van der Waals surface area contributed by atoms with Crippen molar-refractivity contribution in [1.29, 1.82) is 0 Å². The first kappa shape index (κ1) is 33.3. The Kier molecular flexibility index (Phi) is 11.2. The molecule has 2 aromatic rings. The van der Waals surface area contributed by atoms with Gasteiger partial charge < -0.3 is 10.2 Å². The summed E-state index contributed by atoms with van der Waals surface area (Å²) in [7, 11) is -4.31. The Morgan fingerprint density at radius 1 is 1.02 bits per heavy atom. The van der Waals surface area contributed by atoms with Gasteiger partial charge in [0.2, 0.25) is 21.8 Å². The molecule has 0 aliphatic heterocycles. The summed E-state index contributed by atoms with van der Waals surface area (Å²) in [6, 6.07) is 5.80. The Bertz CT molecular complexity index is 1350. The molecule has 0 aromatic heterocycles. The molecule has 2 aromatic carbocycles. The van der Waals surface area contributed by atoms with Crippen molar-refractivity contribution in [3.63, 3.8) is 0 Å². The first-order valence-electron chi connectivity index (χ1n) is 13.0. The van der Waals surface area contributed by atoms with E-state index in [9.17, 15) is 31.2 Å². The van der Waals surface area contributed by atoms with Crippen molar-refractivity contribution in [2.45, 2.75) is 70.3 Å². The van der Waals surface area contributed by atoms with E-state index in [1.807, 2.05) is 0 Å². The van der Waals surface area contributed by atoms with Crippen LogP contribution in [0.15, 0.2) is 36.4 Å². The third-order valence-corrected chi connectivity index (χ3v) is 9.10. The van der Waals surface area contributed by atoms with Crippen LogP contribution in [0.4, 0.5) is 18.9 Å². The highest BCUT2D eigenvalue weighted by Crippen LogP contribution is 2.36. The van der Waals surface area contributed by atoms with E-state index in [2.05, 4.69) is 5.32 Å². The van der Waals surface area contributed by atoms with Gasteiger partial charge in [-0.05, 0) is 49.6 Å². The van der Waals surface area contributed by atoms with Gasteiger partial charge in [-0.2, -0.15) is 13.2 Å². The van der Waals surface area contributed by atoms with Gasteiger partial charge in [0, 0.05) is 28.2 Å². The third kappa shape index (κ3) is 8.65. The molecular formula is C27H31Cl3F3N3O4S. The van der Waals surface area contributed by atoms with E-state index >= 15 is 0 Å². The Morgan fingerprint density at radius 3 is 2.17 bits per heavy atom. The molecule has 0 spiro atoms. The van der Waals surface area contributed by atoms with Crippen LogP contribution in [0.5, 0.6) is 0 Å². The zero-order chi connectivity index (χ0) is 30.5. The summed E-state index contributed by atoms with van der Waals surface area (Å²) >= 11 is 18.9. The summed E-state index contributed by atoms with van der Waals surface area (Å²) in [5.74, 6) is -1.29. The smallest absolute Gasteiger partial charge is 0.352 e. The number of hydrogen-bond acceptors (Lipinski definition) is 4. The van der Waals surface area contributed by atoms with Gasteiger partial charge in [-0.3, -0.25) is 13.9 Å². The van der Waals surface area contributed by atoms with Crippen molar-refractivity contribution >= 4 is 62.3 Å². The van der Waals surface area contributed by atoms with Crippen LogP contribution in [0.25, 0.3) is 0 Å². The lowest BCUT2D eigenvalue weighted by atomic mass is 9.95. The van der Waals surface area contributed by atoms with Crippen LogP contribution >= 0.6 is 34.8 Å². The molecular weight excluding hydrogens is 626 g/mol. The second-order valence-electron chi connectivity index (χ2n) is 9.92. The van der Waals surface area contributed by atoms with Crippen LogP contribution in [0.2, 0.25) is 15.1 Å². The first-order chi connectivity index (χ1) is 19.1. The maximum absolute atomic E-state index is 13.9. The molecule has 0 saturated heterocycles. The fourth-order valence-electron chi connectivity index (χ4n) is 4.79. The van der Waals surface area contributed by atoms with E-state index < -0.39 is 51.9 Å². The largest absolute Gasteiger partial charge is 0.416 e. The Labute approximate surface area is 253 Å². The number of anilines is 1. The predicted molar refractivity (Wildman–Crippen MR) is 155 cm³/mol. The molecule has 41 heavy (non-hydrogen) atoms. The average Bonchev–Trinajstić information content (AvgIpc) is 2.88. The number of alkyl halides is 3. The predicted octanol–water partition coefficient (Wildman–Crippen LogP) is 6.69. The van der Waals surface area contributed by atoms with E-state index in [0.717, 1.165) is 49.3 Å². The summed E-state index contributed by atoms with van der Waals surface area (Å²) in [4.78, 5) is 28.5. The number of nitrogens with zero attached hydrogens (tertiary/aromatic N) is 2. The van der Waals surface area contributed by atoms with Crippen LogP contribution in [0, 0.1) is 0 Å². The molecule has 1 aliphatic carbocycles. The molecule has 0 unspecified atom stereocenters. The number of rotatable bonds is 10. The average molecular weight is 657 g/mol. The minimum absolute atomic E-state index is 0.0670. The summed E-state index contributed by atoms with van der Waals surface area (Å²) in [5.41, 5.74) is -1.33. The molecule has 0 bridgehead atoms. The molecule has 14 heteroatoms. The molecule has 0 radical (unpaired) electrons. The summed E-state index contributed by atoms with van der Waals surface area (Å²) in [5, 5.41) is 3.13. The highest BCUT2D eigenvalue weighted by molar-refractivity contribution is 7.92. The zero-order valence-electron chi connectivity index (χ0n) is 22.5. The molecule has 0 heterocycles. The van der Waals surface area contributed by atoms with Gasteiger partial charge in [0.15, 0.2) is 0 Å². The van der Waals surface area contributed by atoms with Crippen molar-refractivity contribution in [2.75, 3.05) is 17.1 Å². The highest BCUT2D eigenvalue weighted by Gasteiger charge is 2.36. The number of nitrogens with one attached hydrogen (secondary N) is 1. The summed E-state index contributed by atoms with van der Waals surface area (Å²) in [6.45, 7) is 0.522. The van der Waals surface area contributed by atoms with Gasteiger partial charge in [-0.1, -0.05) is 67.1 Å². The molecule has 7 nitrogen and oxygen atoms in total. The molecule has 1 N–H and O–H groups in total. The first-order valence-corrected chi connectivity index (χ1v) is 16.0. The number of carbonyl (C=O) groups excluding carboxylic acids is 2. The van der Waals surface area contributed by atoms with Crippen molar-refractivity contribution < 1.29 is 31.2 Å². The molecule has 1 saturated carbocycles.